The van der Waals surface area contributed by atoms with Crippen LogP contribution in [0.25, 0.3) is 15.6 Å². The minimum Gasteiger partial charge on any atom is -0.547 e. The molecule has 0 aliphatic carbocycles. The summed E-state index contributed by atoms with van der Waals surface area (Å²) in [7, 11) is -0.408. The van der Waals surface area contributed by atoms with Crippen LogP contribution in [0.5, 0.6) is 0 Å². The maximum absolute atomic E-state index is 11.7. The third-order valence-electron chi connectivity index (χ3n) is 2.38. The van der Waals surface area contributed by atoms with Gasteiger partial charge in [-0.05, 0) is 12.1 Å². The predicted molar refractivity (Wildman–Crippen MR) is 65.8 cm³/mol. The summed E-state index contributed by atoms with van der Waals surface area (Å²) in [5, 5.41) is 0.905. The molecule has 0 unspecified atom stereocenters. The van der Waals surface area contributed by atoms with Gasteiger partial charge < -0.3 is 16.7 Å². The fourth-order valence-corrected chi connectivity index (χ4v) is 2.58. The van der Waals surface area contributed by atoms with Crippen LogP contribution in [0.1, 0.15) is 0 Å². The van der Waals surface area contributed by atoms with Crippen LogP contribution in [0.2, 0.25) is 0 Å². The molecule has 0 aliphatic heterocycles. The van der Waals surface area contributed by atoms with Gasteiger partial charge in [0.15, 0.2) is 0 Å². The molecule has 0 saturated carbocycles. The van der Waals surface area contributed by atoms with E-state index in [0.717, 1.165) is 5.39 Å². The number of nitrogens with zero attached hydrogens (tertiary/aromatic N) is 2. The van der Waals surface area contributed by atoms with Crippen LogP contribution < -0.4 is 0 Å². The zero-order valence-corrected chi connectivity index (χ0v) is 13.7. The molecular formula is C11H14N2O2SY-2. The summed E-state index contributed by atoms with van der Waals surface area (Å²) in [6, 6.07) is 7.05. The van der Waals surface area contributed by atoms with E-state index < -0.39 is 10.0 Å². The summed E-state index contributed by atoms with van der Waals surface area (Å²) in [5.74, 6) is 0. The topological polar surface area (TPSA) is 53.2 Å². The molecule has 0 fully saturated rings. The normalized spacial score (nSPS) is 10.7. The van der Waals surface area contributed by atoms with Gasteiger partial charge in [-0.1, -0.05) is 12.1 Å². The van der Waals surface area contributed by atoms with Crippen molar-refractivity contribution in [3.8, 4) is 0 Å². The van der Waals surface area contributed by atoms with E-state index in [0.29, 0.717) is 5.52 Å². The van der Waals surface area contributed by atoms with Crippen molar-refractivity contribution in [2.24, 2.45) is 7.05 Å². The Morgan fingerprint density at radius 2 is 1.88 bits per heavy atom. The number of hydrogen-bond acceptors (Lipinski definition) is 2. The van der Waals surface area contributed by atoms with Gasteiger partial charge >= 0.3 is 0 Å². The molecule has 1 aromatic heterocycles. The van der Waals surface area contributed by atoms with Crippen molar-refractivity contribution in [1.82, 2.24) is 4.57 Å². The van der Waals surface area contributed by atoms with E-state index in [1.807, 2.05) is 25.4 Å². The van der Waals surface area contributed by atoms with Crippen LogP contribution in [0.4, 0.5) is 0 Å². The van der Waals surface area contributed by atoms with Crippen molar-refractivity contribution < 1.29 is 41.1 Å². The molecule has 91 valence electrons. The van der Waals surface area contributed by atoms with Gasteiger partial charge in [-0.25, -0.2) is 8.42 Å². The second-order valence-electron chi connectivity index (χ2n) is 3.28. The Hall–Kier alpha value is -0.226. The molecule has 2 aromatic rings. The van der Waals surface area contributed by atoms with Crippen molar-refractivity contribution in [3.05, 3.63) is 42.6 Å². The van der Waals surface area contributed by atoms with Gasteiger partial charge in [0.2, 0.25) is 0 Å². The smallest absolute Gasteiger partial charge is 0.103 e. The van der Waals surface area contributed by atoms with Crippen molar-refractivity contribution in [1.29, 1.82) is 0 Å². The number of aryl methyl sites for hydroxylation is 1. The molecule has 0 saturated heterocycles. The number of sulfonamides is 1. The number of rotatable bonds is 2. The monoisotopic (exact) mass is 327 g/mol. The summed E-state index contributed by atoms with van der Waals surface area (Å²) < 4.78 is 28.6. The summed E-state index contributed by atoms with van der Waals surface area (Å²) in [5.41, 5.74) is 0.697. The quantitative estimate of drug-likeness (QED) is 0.795. The van der Waals surface area contributed by atoms with Crippen LogP contribution in [-0.2, 0) is 49.8 Å². The van der Waals surface area contributed by atoms with Crippen LogP contribution in [0.3, 0.4) is 0 Å². The summed E-state index contributed by atoms with van der Waals surface area (Å²) in [6.45, 7) is 0. The molecule has 1 aromatic carbocycles. The van der Waals surface area contributed by atoms with Gasteiger partial charge in [0.25, 0.3) is 0 Å². The van der Waals surface area contributed by atoms with E-state index in [4.69, 9.17) is 0 Å². The number of para-hydroxylation sites is 1. The molecular weight excluding hydrogens is 313 g/mol. The molecule has 0 spiro atoms. The van der Waals surface area contributed by atoms with E-state index >= 15 is 0 Å². The number of aromatic nitrogens is 1. The predicted octanol–water partition coefficient (Wildman–Crippen LogP) is 2.32. The molecule has 2 rings (SSSR count). The van der Waals surface area contributed by atoms with Crippen molar-refractivity contribution in [3.63, 3.8) is 0 Å². The Labute approximate surface area is 127 Å². The Bertz CT molecular complexity index is 605. The molecule has 1 radical (unpaired) electrons. The molecule has 0 bridgehead atoms. The van der Waals surface area contributed by atoms with E-state index in [-0.39, 0.29) is 45.0 Å². The molecule has 0 aliphatic rings. The summed E-state index contributed by atoms with van der Waals surface area (Å²) >= 11 is 0. The maximum Gasteiger partial charge on any atom is 0.103 e. The first-order chi connectivity index (χ1) is 7.06. The van der Waals surface area contributed by atoms with Gasteiger partial charge in [0, 0.05) is 51.3 Å². The van der Waals surface area contributed by atoms with E-state index in [1.54, 1.807) is 16.7 Å². The van der Waals surface area contributed by atoms with Crippen LogP contribution in [-0.4, -0.2) is 20.0 Å². The first-order valence-electron chi connectivity index (χ1n) is 4.46. The molecule has 17 heavy (non-hydrogen) atoms. The zero-order chi connectivity index (χ0) is 11.1. The minimum atomic E-state index is -3.51. The van der Waals surface area contributed by atoms with Crippen molar-refractivity contribution >= 4 is 20.9 Å². The zero-order valence-electron chi connectivity index (χ0n) is 10.1. The Morgan fingerprint density at radius 1 is 1.24 bits per heavy atom. The maximum atomic E-state index is 11.7. The molecule has 1 heterocycles. The van der Waals surface area contributed by atoms with Crippen LogP contribution in [0, 0.1) is 7.43 Å². The van der Waals surface area contributed by atoms with Gasteiger partial charge in [-0.15, -0.1) is 0 Å². The fraction of sp³-hybridized carbons (Fsp3) is 0.182. The third kappa shape index (κ3) is 2.96. The summed E-state index contributed by atoms with van der Waals surface area (Å²) in [4.78, 5) is 0.259. The Balaban J connectivity index is 0.00000128. The van der Waals surface area contributed by atoms with Gasteiger partial charge in [-0.3, -0.25) is 0 Å². The number of hydrogen-bond donors (Lipinski definition) is 0. The Morgan fingerprint density at radius 3 is 2.47 bits per heavy atom. The second kappa shape index (κ2) is 6.09. The first kappa shape index (κ1) is 16.8. The van der Waals surface area contributed by atoms with E-state index in [9.17, 15) is 8.42 Å². The molecule has 0 amide bonds. The molecule has 4 nitrogen and oxygen atoms in total. The molecule has 0 N–H and O–H groups in total. The van der Waals surface area contributed by atoms with Gasteiger partial charge in [0.05, 0.1) is 10.4 Å². The van der Waals surface area contributed by atoms with Crippen LogP contribution in [0.15, 0.2) is 35.4 Å². The largest absolute Gasteiger partial charge is 0.547 e. The average Bonchev–Trinajstić information content (AvgIpc) is 2.60. The SMILES string of the molecule is C[N-]S(=O)(=O)c1cccc2ccn(C)c12.[CH3-].[Y]. The first-order valence-corrected chi connectivity index (χ1v) is 5.90. The summed E-state index contributed by atoms with van der Waals surface area (Å²) in [6.07, 6.45) is 1.83. The van der Waals surface area contributed by atoms with Crippen molar-refractivity contribution in [2.45, 2.75) is 4.90 Å². The number of benzene rings is 1. The van der Waals surface area contributed by atoms with E-state index in [2.05, 4.69) is 4.72 Å². The fourth-order valence-electron chi connectivity index (χ4n) is 1.62. The van der Waals surface area contributed by atoms with Gasteiger partial charge in [0.1, 0.15) is 10.0 Å². The van der Waals surface area contributed by atoms with Crippen LogP contribution >= 0.6 is 0 Å². The van der Waals surface area contributed by atoms with E-state index in [1.165, 1.54) is 7.05 Å². The Kier molecular flexibility index (Phi) is 6.01. The standard InChI is InChI=1S/C10H11N2O2S.CH3.Y/c1-11-15(13,14)9-5-3-4-8-6-7-12(2)10(8)9;;/h3-7H,1-2H3;1H3;/q2*-1;. The molecule has 0 atom stereocenters. The minimum absolute atomic E-state index is 0. The third-order valence-corrected chi connectivity index (χ3v) is 3.74. The van der Waals surface area contributed by atoms with Gasteiger partial charge in [-0.2, -0.15) is 7.05 Å². The number of fused-ring (bicyclic) bond motifs is 1. The molecule has 6 heteroatoms. The average molecular weight is 327 g/mol. The second-order valence-corrected chi connectivity index (χ2v) is 5.03. The van der Waals surface area contributed by atoms with Crippen molar-refractivity contribution in [2.75, 3.05) is 7.05 Å².